The molecule has 1 aromatic heterocycles. The van der Waals surface area contributed by atoms with E-state index in [1.165, 1.54) is 16.8 Å². The van der Waals surface area contributed by atoms with Gasteiger partial charge in [0, 0.05) is 24.3 Å². The maximum atomic E-state index is 9.69. The first kappa shape index (κ1) is 21.4. The van der Waals surface area contributed by atoms with Crippen molar-refractivity contribution in [1.29, 1.82) is 0 Å². The second-order valence-corrected chi connectivity index (χ2v) is 8.22. The molecule has 0 amide bonds. The first-order chi connectivity index (χ1) is 14.1. The first-order valence-corrected chi connectivity index (χ1v) is 10.6. The molecule has 0 saturated heterocycles. The summed E-state index contributed by atoms with van der Waals surface area (Å²) in [6.07, 6.45) is 0. The SMILES string of the molecule is Cc1nn(Cc2ccccc2)c(C)c1CN(C)CC(COc1ccccc1)SO. The molecule has 2 aromatic carbocycles. The van der Waals surface area contributed by atoms with Crippen LogP contribution in [0.2, 0.25) is 0 Å². The Hall–Kier alpha value is -2.28. The van der Waals surface area contributed by atoms with Gasteiger partial charge in [-0.2, -0.15) is 5.10 Å². The van der Waals surface area contributed by atoms with Crippen molar-refractivity contribution < 1.29 is 9.29 Å². The van der Waals surface area contributed by atoms with Crippen LogP contribution in [-0.2, 0) is 13.1 Å². The lowest BCUT2D eigenvalue weighted by molar-refractivity contribution is 0.262. The van der Waals surface area contributed by atoms with Crippen molar-refractivity contribution in [1.82, 2.24) is 14.7 Å². The fourth-order valence-corrected chi connectivity index (χ4v) is 3.83. The number of nitrogens with zero attached hydrogens (tertiary/aromatic N) is 3. The minimum atomic E-state index is -0.0276. The van der Waals surface area contributed by atoms with Gasteiger partial charge in [0.2, 0.25) is 0 Å². The summed E-state index contributed by atoms with van der Waals surface area (Å²) in [5.41, 5.74) is 4.73. The van der Waals surface area contributed by atoms with Crippen LogP contribution in [0.3, 0.4) is 0 Å². The second-order valence-electron chi connectivity index (χ2n) is 7.34. The van der Waals surface area contributed by atoms with Gasteiger partial charge in [-0.15, -0.1) is 0 Å². The average Bonchev–Trinajstić information content (AvgIpc) is 3.00. The molecule has 29 heavy (non-hydrogen) atoms. The minimum absolute atomic E-state index is 0.0276. The summed E-state index contributed by atoms with van der Waals surface area (Å²) < 4.78 is 17.6. The smallest absolute Gasteiger partial charge is 0.119 e. The Kier molecular flexibility index (Phi) is 7.75. The van der Waals surface area contributed by atoms with Gasteiger partial charge in [0.05, 0.1) is 17.5 Å². The van der Waals surface area contributed by atoms with Crippen LogP contribution in [-0.4, -0.2) is 44.7 Å². The Morgan fingerprint density at radius 3 is 2.38 bits per heavy atom. The van der Waals surface area contributed by atoms with E-state index in [0.29, 0.717) is 6.61 Å². The molecular formula is C23H29N3O2S. The molecule has 0 aliphatic heterocycles. The lowest BCUT2D eigenvalue weighted by Gasteiger charge is -2.22. The molecule has 0 aliphatic rings. The van der Waals surface area contributed by atoms with Crippen LogP contribution in [0.15, 0.2) is 60.7 Å². The number of para-hydroxylation sites is 1. The van der Waals surface area contributed by atoms with Crippen molar-refractivity contribution in [2.75, 3.05) is 20.2 Å². The number of rotatable bonds is 10. The zero-order valence-corrected chi connectivity index (χ0v) is 18.1. The third kappa shape index (κ3) is 6.10. The van der Waals surface area contributed by atoms with Gasteiger partial charge >= 0.3 is 0 Å². The van der Waals surface area contributed by atoms with Gasteiger partial charge in [0.1, 0.15) is 12.4 Å². The predicted octanol–water partition coefficient (Wildman–Crippen LogP) is 4.63. The third-order valence-electron chi connectivity index (χ3n) is 4.98. The van der Waals surface area contributed by atoms with Gasteiger partial charge in [-0.1, -0.05) is 48.5 Å². The molecule has 0 fully saturated rings. The van der Waals surface area contributed by atoms with E-state index in [2.05, 4.69) is 54.7 Å². The van der Waals surface area contributed by atoms with E-state index in [0.717, 1.165) is 43.1 Å². The number of ether oxygens (including phenoxy) is 1. The van der Waals surface area contributed by atoms with E-state index in [-0.39, 0.29) is 5.25 Å². The lowest BCUT2D eigenvalue weighted by atomic mass is 10.1. The molecule has 0 spiro atoms. The molecule has 0 saturated carbocycles. The Morgan fingerprint density at radius 2 is 1.72 bits per heavy atom. The van der Waals surface area contributed by atoms with Gasteiger partial charge in [-0.05, 0) is 50.6 Å². The second kappa shape index (κ2) is 10.5. The number of hydrogen-bond acceptors (Lipinski definition) is 5. The molecule has 1 atom stereocenters. The topological polar surface area (TPSA) is 50.5 Å². The minimum Gasteiger partial charge on any atom is -0.492 e. The molecule has 154 valence electrons. The van der Waals surface area contributed by atoms with Crippen molar-refractivity contribution in [3.05, 3.63) is 83.2 Å². The van der Waals surface area contributed by atoms with Gasteiger partial charge in [-0.3, -0.25) is 4.68 Å². The van der Waals surface area contributed by atoms with Gasteiger partial charge in [-0.25, -0.2) is 0 Å². The highest BCUT2D eigenvalue weighted by Gasteiger charge is 2.17. The molecule has 1 heterocycles. The van der Waals surface area contributed by atoms with Crippen LogP contribution < -0.4 is 4.74 Å². The highest BCUT2D eigenvalue weighted by atomic mass is 32.2. The fourth-order valence-electron chi connectivity index (χ4n) is 3.38. The van der Waals surface area contributed by atoms with Crippen LogP contribution in [0.4, 0.5) is 0 Å². The molecule has 0 radical (unpaired) electrons. The molecule has 0 aliphatic carbocycles. The van der Waals surface area contributed by atoms with Crippen molar-refractivity contribution >= 4 is 12.0 Å². The van der Waals surface area contributed by atoms with Gasteiger partial charge < -0.3 is 14.2 Å². The molecule has 1 unspecified atom stereocenters. The summed E-state index contributed by atoms with van der Waals surface area (Å²) in [5, 5.41) is 4.72. The van der Waals surface area contributed by atoms with Crippen molar-refractivity contribution in [3.63, 3.8) is 0 Å². The molecule has 1 N–H and O–H groups in total. The Bertz CT molecular complexity index is 884. The van der Waals surface area contributed by atoms with Crippen LogP contribution in [0, 0.1) is 13.8 Å². The average molecular weight is 412 g/mol. The van der Waals surface area contributed by atoms with E-state index < -0.39 is 0 Å². The van der Waals surface area contributed by atoms with Crippen LogP contribution >= 0.6 is 12.0 Å². The molecule has 0 bridgehead atoms. The summed E-state index contributed by atoms with van der Waals surface area (Å²) in [7, 11) is 2.07. The number of aryl methyl sites for hydroxylation is 1. The summed E-state index contributed by atoms with van der Waals surface area (Å²) in [6.45, 7) is 6.93. The van der Waals surface area contributed by atoms with Crippen molar-refractivity contribution in [2.24, 2.45) is 0 Å². The third-order valence-corrected chi connectivity index (χ3v) is 5.56. The summed E-state index contributed by atoms with van der Waals surface area (Å²) in [6, 6.07) is 20.1. The maximum Gasteiger partial charge on any atom is 0.119 e. The van der Waals surface area contributed by atoms with Crippen LogP contribution in [0.1, 0.15) is 22.5 Å². The molecule has 5 nitrogen and oxygen atoms in total. The van der Waals surface area contributed by atoms with Crippen LogP contribution in [0.25, 0.3) is 0 Å². The summed E-state index contributed by atoms with van der Waals surface area (Å²) in [4.78, 5) is 2.21. The first-order valence-electron chi connectivity index (χ1n) is 9.80. The monoisotopic (exact) mass is 411 g/mol. The highest BCUT2D eigenvalue weighted by molar-refractivity contribution is 7.94. The Balaban J connectivity index is 1.58. The normalized spacial score (nSPS) is 12.3. The quantitative estimate of drug-likeness (QED) is 0.493. The van der Waals surface area contributed by atoms with Crippen LogP contribution in [0.5, 0.6) is 5.75 Å². The van der Waals surface area contributed by atoms with E-state index in [1.807, 2.05) is 36.4 Å². The standard InChI is InChI=1S/C23H29N3O2S/c1-18-23(19(2)26(24-18)14-20-10-6-4-7-11-20)16-25(3)15-22(29-27)17-28-21-12-8-5-9-13-21/h4-13,22,27H,14-17H2,1-3H3. The highest BCUT2D eigenvalue weighted by Crippen LogP contribution is 2.19. The molecule has 3 rings (SSSR count). The number of aromatic nitrogens is 2. The summed E-state index contributed by atoms with van der Waals surface area (Å²) in [5.74, 6) is 0.822. The van der Waals surface area contributed by atoms with E-state index in [9.17, 15) is 4.55 Å². The molecule has 3 aromatic rings. The Morgan fingerprint density at radius 1 is 1.07 bits per heavy atom. The van der Waals surface area contributed by atoms with E-state index >= 15 is 0 Å². The number of hydrogen-bond donors (Lipinski definition) is 1. The van der Waals surface area contributed by atoms with E-state index in [1.54, 1.807) is 0 Å². The molecule has 6 heteroatoms. The van der Waals surface area contributed by atoms with Crippen molar-refractivity contribution in [3.8, 4) is 5.75 Å². The number of benzene rings is 2. The zero-order valence-electron chi connectivity index (χ0n) is 17.3. The fraction of sp³-hybridized carbons (Fsp3) is 0.348. The lowest BCUT2D eigenvalue weighted by Crippen LogP contribution is -2.31. The van der Waals surface area contributed by atoms with Gasteiger partial charge in [0.15, 0.2) is 0 Å². The van der Waals surface area contributed by atoms with Gasteiger partial charge in [0.25, 0.3) is 0 Å². The maximum absolute atomic E-state index is 9.69. The van der Waals surface area contributed by atoms with Crippen molar-refractivity contribution in [2.45, 2.75) is 32.2 Å². The van der Waals surface area contributed by atoms with E-state index in [4.69, 9.17) is 9.84 Å². The summed E-state index contributed by atoms with van der Waals surface area (Å²) >= 11 is 0.856. The largest absolute Gasteiger partial charge is 0.492 e. The molecular weight excluding hydrogens is 382 g/mol. The predicted molar refractivity (Wildman–Crippen MR) is 120 cm³/mol. The zero-order chi connectivity index (χ0) is 20.6. The Labute approximate surface area is 177 Å².